The van der Waals surface area contributed by atoms with Gasteiger partial charge in [0.1, 0.15) is 6.54 Å². The molecule has 1 N–H and O–H groups in total. The maximum atomic E-state index is 12.8. The van der Waals surface area contributed by atoms with E-state index in [1.165, 1.54) is 0 Å². The summed E-state index contributed by atoms with van der Waals surface area (Å²) in [6.07, 6.45) is -10.00. The van der Waals surface area contributed by atoms with E-state index in [0.717, 1.165) is 18.2 Å². The molecule has 0 aliphatic carbocycles. The Hall–Kier alpha value is -2.26. The van der Waals surface area contributed by atoms with Crippen LogP contribution >= 0.6 is 0 Å². The van der Waals surface area contributed by atoms with E-state index in [1.54, 1.807) is 0 Å². The van der Waals surface area contributed by atoms with Crippen LogP contribution in [0.2, 0.25) is 0 Å². The maximum Gasteiger partial charge on any atom is 0.449 e. The number of halogens is 6. The molecule has 2 aromatic rings. The van der Waals surface area contributed by atoms with E-state index in [9.17, 15) is 31.1 Å². The number of nitrogens with zero attached hydrogens (tertiary/aromatic N) is 2. The van der Waals surface area contributed by atoms with E-state index in [-0.39, 0.29) is 10.1 Å². The van der Waals surface area contributed by atoms with E-state index < -0.39 is 41.8 Å². The third-order valence-electron chi connectivity index (χ3n) is 2.59. The third-order valence-corrected chi connectivity index (χ3v) is 2.59. The minimum atomic E-state index is -5.09. The highest BCUT2D eigenvalue weighted by Crippen LogP contribution is 2.33. The van der Waals surface area contributed by atoms with E-state index in [0.29, 0.717) is 0 Å². The van der Waals surface area contributed by atoms with Crippen molar-refractivity contribution in [3.05, 3.63) is 29.6 Å². The van der Waals surface area contributed by atoms with Crippen LogP contribution in [0.25, 0.3) is 11.0 Å². The number of carboxylic acids is 1. The first-order valence-corrected chi connectivity index (χ1v) is 5.36. The first kappa shape index (κ1) is 15.1. The molecule has 4 nitrogen and oxygen atoms in total. The van der Waals surface area contributed by atoms with Crippen LogP contribution in [0.15, 0.2) is 18.2 Å². The smallest absolute Gasteiger partial charge is 0.449 e. The molecule has 0 radical (unpaired) electrons. The van der Waals surface area contributed by atoms with Gasteiger partial charge in [-0.15, -0.1) is 0 Å². The normalized spacial score (nSPS) is 12.9. The van der Waals surface area contributed by atoms with Crippen LogP contribution in [0.5, 0.6) is 0 Å². The molecule has 0 bridgehead atoms. The molecule has 21 heavy (non-hydrogen) atoms. The molecule has 114 valence electrons. The lowest BCUT2D eigenvalue weighted by Crippen LogP contribution is -2.23. The number of benzene rings is 1. The van der Waals surface area contributed by atoms with Gasteiger partial charge in [0.05, 0.1) is 16.6 Å². The van der Waals surface area contributed by atoms with Crippen LogP contribution in [-0.4, -0.2) is 26.8 Å². The zero-order valence-electron chi connectivity index (χ0n) is 9.96. The fourth-order valence-corrected chi connectivity index (χ4v) is 1.81. The standard InChI is InChI=1S/C11H6F6N2O2/c12-10(13,14)4-19-7-3-5(8(20)21)1-2-6(7)18-9(19)11(15,16)17/h1-3H,4H2,(H,20,21). The molecule has 0 saturated carbocycles. The summed E-state index contributed by atoms with van der Waals surface area (Å²) >= 11 is 0. The second-order valence-electron chi connectivity index (χ2n) is 4.14. The van der Waals surface area contributed by atoms with Crippen LogP contribution in [0, 0.1) is 0 Å². The highest BCUT2D eigenvalue weighted by molar-refractivity contribution is 5.92. The zero-order valence-corrected chi connectivity index (χ0v) is 9.96. The van der Waals surface area contributed by atoms with E-state index >= 15 is 0 Å². The number of imidazole rings is 1. The third kappa shape index (κ3) is 3.09. The van der Waals surface area contributed by atoms with Crippen molar-refractivity contribution < 1.29 is 36.2 Å². The summed E-state index contributed by atoms with van der Waals surface area (Å²) in [6.45, 7) is -1.92. The van der Waals surface area contributed by atoms with Gasteiger partial charge in [-0.25, -0.2) is 9.78 Å². The summed E-state index contributed by atoms with van der Waals surface area (Å²) in [5.74, 6) is -3.19. The highest BCUT2D eigenvalue weighted by Gasteiger charge is 2.40. The quantitative estimate of drug-likeness (QED) is 0.866. The van der Waals surface area contributed by atoms with Gasteiger partial charge in [-0.05, 0) is 18.2 Å². The van der Waals surface area contributed by atoms with Crippen LogP contribution in [0.3, 0.4) is 0 Å². The van der Waals surface area contributed by atoms with Crippen molar-refractivity contribution in [2.75, 3.05) is 0 Å². The molecule has 0 fully saturated rings. The summed E-state index contributed by atoms with van der Waals surface area (Å²) in [5, 5.41) is 8.76. The molecule has 0 spiro atoms. The molecule has 2 rings (SSSR count). The molecule has 1 aromatic carbocycles. The number of aromatic nitrogens is 2. The minimum Gasteiger partial charge on any atom is -0.478 e. The van der Waals surface area contributed by atoms with Gasteiger partial charge in [0, 0.05) is 0 Å². The number of fused-ring (bicyclic) bond motifs is 1. The van der Waals surface area contributed by atoms with Gasteiger partial charge in [-0.2, -0.15) is 26.3 Å². The second-order valence-corrected chi connectivity index (χ2v) is 4.14. The van der Waals surface area contributed by atoms with E-state index in [1.807, 2.05) is 0 Å². The number of rotatable bonds is 2. The Morgan fingerprint density at radius 2 is 1.81 bits per heavy atom. The minimum absolute atomic E-state index is 0.0816. The molecule has 0 saturated heterocycles. The van der Waals surface area contributed by atoms with E-state index in [2.05, 4.69) is 4.98 Å². The fourth-order valence-electron chi connectivity index (χ4n) is 1.81. The highest BCUT2D eigenvalue weighted by atomic mass is 19.4. The van der Waals surface area contributed by atoms with Crippen molar-refractivity contribution in [2.45, 2.75) is 18.9 Å². The van der Waals surface area contributed by atoms with Crippen LogP contribution in [0.4, 0.5) is 26.3 Å². The number of aromatic carboxylic acids is 1. The van der Waals surface area contributed by atoms with Gasteiger partial charge >= 0.3 is 18.3 Å². The average molecular weight is 312 g/mol. The Morgan fingerprint density at radius 3 is 2.29 bits per heavy atom. The molecule has 0 amide bonds. The molecular formula is C11H6F6N2O2. The van der Waals surface area contributed by atoms with Gasteiger partial charge < -0.3 is 9.67 Å². The molecule has 0 aliphatic rings. The number of carboxylic acid groups (broad SMARTS) is 1. The average Bonchev–Trinajstić information content (AvgIpc) is 2.65. The number of carbonyl (C=O) groups is 1. The van der Waals surface area contributed by atoms with Crippen LogP contribution in [-0.2, 0) is 12.7 Å². The predicted molar refractivity (Wildman–Crippen MR) is 57.7 cm³/mol. The summed E-state index contributed by atoms with van der Waals surface area (Å²) in [7, 11) is 0. The largest absolute Gasteiger partial charge is 0.478 e. The van der Waals surface area contributed by atoms with Crippen LogP contribution < -0.4 is 0 Å². The molecule has 1 aromatic heterocycles. The summed E-state index contributed by atoms with van der Waals surface area (Å²) < 4.78 is 75.5. The van der Waals surface area contributed by atoms with Crippen molar-refractivity contribution in [3.63, 3.8) is 0 Å². The molecule has 10 heteroatoms. The van der Waals surface area contributed by atoms with Gasteiger partial charge in [0.15, 0.2) is 0 Å². The SMILES string of the molecule is O=C(O)c1ccc2nc(C(F)(F)F)n(CC(F)(F)F)c2c1. The Kier molecular flexibility index (Phi) is 3.34. The van der Waals surface area contributed by atoms with Crippen molar-refractivity contribution in [2.24, 2.45) is 0 Å². The Bertz CT molecular complexity index is 701. The molecule has 0 unspecified atom stereocenters. The Labute approximate surface area is 112 Å². The van der Waals surface area contributed by atoms with Crippen molar-refractivity contribution in [1.82, 2.24) is 9.55 Å². The van der Waals surface area contributed by atoms with Crippen molar-refractivity contribution in [1.29, 1.82) is 0 Å². The molecule has 0 atom stereocenters. The fraction of sp³-hybridized carbons (Fsp3) is 0.273. The lowest BCUT2D eigenvalue weighted by atomic mass is 10.2. The summed E-state index contributed by atoms with van der Waals surface area (Å²) in [6, 6.07) is 2.63. The topological polar surface area (TPSA) is 55.1 Å². The Balaban J connectivity index is 2.73. The second kappa shape index (κ2) is 4.64. The van der Waals surface area contributed by atoms with Gasteiger partial charge in [-0.1, -0.05) is 0 Å². The summed E-state index contributed by atoms with van der Waals surface area (Å²) in [5.41, 5.74) is -1.34. The number of hydrogen-bond acceptors (Lipinski definition) is 2. The van der Waals surface area contributed by atoms with Crippen LogP contribution in [0.1, 0.15) is 16.2 Å². The molecule has 1 heterocycles. The lowest BCUT2D eigenvalue weighted by molar-refractivity contribution is -0.160. The number of alkyl halides is 6. The van der Waals surface area contributed by atoms with Gasteiger partial charge in [0.25, 0.3) is 0 Å². The molecular weight excluding hydrogens is 306 g/mol. The maximum absolute atomic E-state index is 12.8. The number of hydrogen-bond donors (Lipinski definition) is 1. The van der Waals surface area contributed by atoms with Crippen molar-refractivity contribution in [3.8, 4) is 0 Å². The predicted octanol–water partition coefficient (Wildman–Crippen LogP) is 3.32. The molecule has 0 aliphatic heterocycles. The first-order valence-electron chi connectivity index (χ1n) is 5.36. The van der Waals surface area contributed by atoms with Crippen molar-refractivity contribution >= 4 is 17.0 Å². The van der Waals surface area contributed by atoms with E-state index in [4.69, 9.17) is 5.11 Å². The summed E-state index contributed by atoms with van der Waals surface area (Å²) in [4.78, 5) is 13.9. The Morgan fingerprint density at radius 1 is 1.19 bits per heavy atom. The lowest BCUT2D eigenvalue weighted by Gasteiger charge is -2.13. The van der Waals surface area contributed by atoms with Gasteiger partial charge in [0.2, 0.25) is 5.82 Å². The first-order chi connectivity index (χ1) is 9.49. The monoisotopic (exact) mass is 312 g/mol. The zero-order chi connectivity index (χ0) is 16.0. The van der Waals surface area contributed by atoms with Gasteiger partial charge in [-0.3, -0.25) is 0 Å².